The minimum absolute atomic E-state index is 0.312. The van der Waals surface area contributed by atoms with Gasteiger partial charge in [-0.3, -0.25) is 14.6 Å². The summed E-state index contributed by atoms with van der Waals surface area (Å²) in [6, 6.07) is 6.31. The van der Waals surface area contributed by atoms with Crippen molar-refractivity contribution in [2.45, 2.75) is 25.6 Å². The number of imide groups is 1. The number of aliphatic imine (C=N–C) groups is 1. The van der Waals surface area contributed by atoms with E-state index in [9.17, 15) is 14.7 Å². The summed E-state index contributed by atoms with van der Waals surface area (Å²) in [5.41, 5.74) is 0.969. The van der Waals surface area contributed by atoms with Crippen LogP contribution in [0.15, 0.2) is 29.3 Å². The third-order valence-corrected chi connectivity index (χ3v) is 5.70. The molecule has 1 aromatic rings. The Morgan fingerprint density at radius 2 is 1.92 bits per heavy atom. The zero-order valence-electron chi connectivity index (χ0n) is 14.7. The summed E-state index contributed by atoms with van der Waals surface area (Å²) in [5.74, 6) is 0.547. The number of hydrogen-bond acceptors (Lipinski definition) is 5. The predicted octanol–water partition coefficient (Wildman–Crippen LogP) is 1.63. The molecule has 0 aromatic heterocycles. The molecule has 2 aliphatic rings. The molecule has 1 aromatic carbocycles. The van der Waals surface area contributed by atoms with E-state index in [1.54, 1.807) is 26.1 Å². The monoisotopic (exact) mass is 395 g/mol. The van der Waals surface area contributed by atoms with Crippen LogP contribution in [0.3, 0.4) is 0 Å². The highest BCUT2D eigenvalue weighted by Gasteiger charge is 2.53. The molecule has 3 amide bonds. The lowest BCUT2D eigenvalue weighted by Gasteiger charge is -2.30. The average molecular weight is 396 g/mol. The van der Waals surface area contributed by atoms with Crippen LogP contribution < -0.4 is 0 Å². The first-order chi connectivity index (χ1) is 12.3. The Hall–Kier alpha value is -1.90. The number of aliphatic hydroxyl groups is 1. The first kappa shape index (κ1) is 18.9. The lowest BCUT2D eigenvalue weighted by molar-refractivity contribution is -0.548. The summed E-state index contributed by atoms with van der Waals surface area (Å²) in [7, 11) is 3.08. The lowest BCUT2D eigenvalue weighted by atomic mass is 10.1. The van der Waals surface area contributed by atoms with Crippen molar-refractivity contribution >= 4 is 46.3 Å². The Kier molecular flexibility index (Phi) is 5.36. The molecule has 1 N–H and O–H groups in total. The zero-order chi connectivity index (χ0) is 19.0. The van der Waals surface area contributed by atoms with Crippen LogP contribution >= 0.6 is 23.4 Å². The highest BCUT2D eigenvalue weighted by Crippen LogP contribution is 2.25. The number of carbonyl (C=O) groups excluding carboxylic acids is 2. The van der Waals surface area contributed by atoms with E-state index in [-0.39, 0.29) is 5.91 Å². The largest absolute Gasteiger partial charge is 0.393 e. The molecule has 0 saturated carbocycles. The van der Waals surface area contributed by atoms with Crippen molar-refractivity contribution in [3.05, 3.63) is 34.9 Å². The average Bonchev–Trinajstić information content (AvgIpc) is 2.96. The second-order valence-electron chi connectivity index (χ2n) is 6.31. The van der Waals surface area contributed by atoms with E-state index in [1.807, 2.05) is 16.7 Å². The molecule has 1 saturated heterocycles. The molecule has 2 unspecified atom stereocenters. The molecular weight excluding hydrogens is 376 g/mol. The quantitative estimate of drug-likeness (QED) is 0.786. The van der Waals surface area contributed by atoms with Crippen LogP contribution in [0.1, 0.15) is 12.5 Å². The van der Waals surface area contributed by atoms with Gasteiger partial charge in [-0.25, -0.2) is 9.37 Å². The predicted molar refractivity (Wildman–Crippen MR) is 102 cm³/mol. The fourth-order valence-electron chi connectivity index (χ4n) is 2.83. The van der Waals surface area contributed by atoms with Crippen LogP contribution in [0.5, 0.6) is 0 Å². The number of fused-ring (bicyclic) bond motifs is 1. The molecule has 0 spiro atoms. The first-order valence-corrected chi connectivity index (χ1v) is 9.48. The highest BCUT2D eigenvalue weighted by atomic mass is 35.5. The summed E-state index contributed by atoms with van der Waals surface area (Å²) < 4.78 is 1.87. The number of rotatable bonds is 4. The van der Waals surface area contributed by atoms with Crippen molar-refractivity contribution in [3.8, 4) is 0 Å². The summed E-state index contributed by atoms with van der Waals surface area (Å²) in [5, 5.41) is 10.9. The van der Waals surface area contributed by atoms with Crippen molar-refractivity contribution < 1.29 is 19.3 Å². The molecular formula is C17H20ClN4O3S+. The van der Waals surface area contributed by atoms with Crippen LogP contribution in [-0.4, -0.2) is 74.4 Å². The first-order valence-electron chi connectivity index (χ1n) is 8.12. The number of halogens is 1. The molecule has 7 nitrogen and oxygen atoms in total. The van der Waals surface area contributed by atoms with Gasteiger partial charge in [0.2, 0.25) is 0 Å². The van der Waals surface area contributed by atoms with E-state index in [2.05, 4.69) is 4.99 Å². The van der Waals surface area contributed by atoms with Gasteiger partial charge < -0.3 is 5.11 Å². The van der Waals surface area contributed by atoms with Gasteiger partial charge in [-0.2, -0.15) is 0 Å². The molecule has 2 aliphatic heterocycles. The van der Waals surface area contributed by atoms with E-state index in [0.717, 1.165) is 10.5 Å². The number of likely N-dealkylation sites (N-methyl/N-ethyl adjacent to an activating group) is 2. The van der Waals surface area contributed by atoms with E-state index in [0.29, 0.717) is 28.3 Å². The number of benzene rings is 1. The van der Waals surface area contributed by atoms with Gasteiger partial charge in [0.05, 0.1) is 6.10 Å². The van der Waals surface area contributed by atoms with Gasteiger partial charge in [-0.05, 0) is 41.4 Å². The second-order valence-corrected chi connectivity index (χ2v) is 7.73. The number of thioether (sulfide) groups is 1. The smallest absolute Gasteiger partial charge is 0.358 e. The van der Waals surface area contributed by atoms with Crippen LogP contribution in [0.25, 0.3) is 0 Å². The van der Waals surface area contributed by atoms with Crippen LogP contribution in [0.4, 0.5) is 4.79 Å². The van der Waals surface area contributed by atoms with E-state index in [4.69, 9.17) is 11.6 Å². The molecule has 2 atom stereocenters. The molecule has 0 bridgehead atoms. The summed E-state index contributed by atoms with van der Waals surface area (Å²) in [4.78, 5) is 32.0. The van der Waals surface area contributed by atoms with Crippen LogP contribution in [0, 0.1) is 0 Å². The molecule has 0 radical (unpaired) electrons. The molecule has 1 fully saturated rings. The van der Waals surface area contributed by atoms with Crippen molar-refractivity contribution in [1.82, 2.24) is 9.80 Å². The van der Waals surface area contributed by atoms with Gasteiger partial charge in [0.15, 0.2) is 0 Å². The van der Waals surface area contributed by atoms with Gasteiger partial charge in [-0.1, -0.05) is 23.7 Å². The van der Waals surface area contributed by atoms with Gasteiger partial charge in [0.1, 0.15) is 6.54 Å². The fraction of sp³-hybridized carbons (Fsp3) is 0.412. The van der Waals surface area contributed by atoms with Crippen molar-refractivity contribution in [1.29, 1.82) is 0 Å². The van der Waals surface area contributed by atoms with E-state index >= 15 is 0 Å². The third kappa shape index (κ3) is 3.49. The SMILES string of the molecule is CC(O)CSC1=[N+](Cc2ccc(Cl)cc2)C2C(=O)N(C)C(=O)N(C)C2=N1. The Morgan fingerprint density at radius 3 is 2.54 bits per heavy atom. The zero-order valence-corrected chi connectivity index (χ0v) is 16.3. The molecule has 3 rings (SSSR count). The van der Waals surface area contributed by atoms with Gasteiger partial charge in [0, 0.05) is 24.9 Å². The third-order valence-electron chi connectivity index (χ3n) is 4.21. The maximum atomic E-state index is 12.8. The van der Waals surface area contributed by atoms with Gasteiger partial charge >= 0.3 is 11.2 Å². The Morgan fingerprint density at radius 1 is 1.27 bits per heavy atom. The number of hydrogen-bond donors (Lipinski definition) is 1. The summed E-state index contributed by atoms with van der Waals surface area (Å²) >= 11 is 7.32. The summed E-state index contributed by atoms with van der Waals surface area (Å²) in [6.07, 6.45) is -0.509. The van der Waals surface area contributed by atoms with Gasteiger partial charge in [-0.15, -0.1) is 0 Å². The minimum atomic E-state index is -0.658. The van der Waals surface area contributed by atoms with Crippen molar-refractivity contribution in [2.75, 3.05) is 19.8 Å². The number of amidine groups is 2. The number of aliphatic hydroxyl groups excluding tert-OH is 1. The Labute approximate surface area is 160 Å². The number of carbonyl (C=O) groups is 2. The van der Waals surface area contributed by atoms with Crippen molar-refractivity contribution in [3.63, 3.8) is 0 Å². The Balaban J connectivity index is 1.98. The molecule has 2 heterocycles. The topological polar surface area (TPSA) is 76.2 Å². The van der Waals surface area contributed by atoms with E-state index in [1.165, 1.54) is 23.7 Å². The fourth-order valence-corrected chi connectivity index (χ4v) is 3.84. The number of urea groups is 1. The molecule has 9 heteroatoms. The normalized spacial score (nSPS) is 21.3. The molecule has 26 heavy (non-hydrogen) atoms. The maximum Gasteiger partial charge on any atom is 0.358 e. The van der Waals surface area contributed by atoms with Crippen LogP contribution in [0.2, 0.25) is 5.02 Å². The van der Waals surface area contributed by atoms with Gasteiger partial charge in [0.25, 0.3) is 17.8 Å². The van der Waals surface area contributed by atoms with Crippen LogP contribution in [-0.2, 0) is 11.3 Å². The number of amides is 3. The lowest BCUT2D eigenvalue weighted by Crippen LogP contribution is -2.61. The molecule has 138 valence electrons. The second kappa shape index (κ2) is 7.38. The standard InChI is InChI=1S/C17H20ClN4O3S/c1-10(23)9-26-16-19-14-13(15(24)21(3)17(25)20(14)2)22(16)8-11-4-6-12(18)7-5-11/h4-7,10,13,23H,8-9H2,1-3H3/q+1. The Bertz CT molecular complexity index is 807. The summed E-state index contributed by atoms with van der Waals surface area (Å²) in [6.45, 7) is 2.14. The van der Waals surface area contributed by atoms with Crippen molar-refractivity contribution in [2.24, 2.45) is 4.99 Å². The maximum absolute atomic E-state index is 12.8. The number of nitrogens with zero attached hydrogens (tertiary/aromatic N) is 4. The highest BCUT2D eigenvalue weighted by molar-refractivity contribution is 8.13. The van der Waals surface area contributed by atoms with E-state index < -0.39 is 18.2 Å². The molecule has 0 aliphatic carbocycles. The minimum Gasteiger partial charge on any atom is -0.393 e.